The van der Waals surface area contributed by atoms with Crippen molar-refractivity contribution in [2.24, 2.45) is 5.73 Å². The van der Waals surface area contributed by atoms with Gasteiger partial charge in [-0.1, -0.05) is 18.3 Å². The van der Waals surface area contributed by atoms with Crippen LogP contribution in [0, 0.1) is 0 Å². The summed E-state index contributed by atoms with van der Waals surface area (Å²) in [5.41, 5.74) is 6.05. The molecule has 0 fully saturated rings. The van der Waals surface area contributed by atoms with E-state index in [1.165, 1.54) is 11.8 Å². The molecule has 0 saturated carbocycles. The Hall–Kier alpha value is -0.950. The monoisotopic (exact) mass is 295 g/mol. The van der Waals surface area contributed by atoms with Crippen LogP contribution in [0.4, 0.5) is 13.2 Å². The van der Waals surface area contributed by atoms with Gasteiger partial charge < -0.3 is 10.5 Å². The standard InChI is InChI=1S/C11H12F3NOS2/c1-18-8-4-2-3-7(9(8)10(15)17)16-6-5-11(12,13)14/h2-4H,5-6H2,1H3,(H2,15,17). The summed E-state index contributed by atoms with van der Waals surface area (Å²) in [4.78, 5) is 0.897. The van der Waals surface area contributed by atoms with Gasteiger partial charge in [-0.05, 0) is 18.4 Å². The molecule has 7 heteroatoms. The Balaban J connectivity index is 2.85. The van der Waals surface area contributed by atoms with Crippen molar-refractivity contribution in [1.82, 2.24) is 0 Å². The van der Waals surface area contributed by atoms with E-state index in [1.54, 1.807) is 18.2 Å². The van der Waals surface area contributed by atoms with Crippen molar-refractivity contribution >= 4 is 29.0 Å². The number of hydrogen-bond acceptors (Lipinski definition) is 3. The van der Waals surface area contributed by atoms with Gasteiger partial charge in [-0.25, -0.2) is 0 Å². The predicted octanol–water partition coefficient (Wildman–Crippen LogP) is 3.37. The number of halogens is 3. The van der Waals surface area contributed by atoms with Crippen molar-refractivity contribution in [3.63, 3.8) is 0 Å². The topological polar surface area (TPSA) is 35.2 Å². The molecule has 2 N–H and O–H groups in total. The van der Waals surface area contributed by atoms with E-state index in [-0.39, 0.29) is 4.99 Å². The van der Waals surface area contributed by atoms with Crippen LogP contribution in [-0.4, -0.2) is 24.0 Å². The Bertz CT molecular complexity index is 435. The summed E-state index contributed by atoms with van der Waals surface area (Å²) in [7, 11) is 0. The lowest BCUT2D eigenvalue weighted by Crippen LogP contribution is -2.16. The third-order valence-corrected chi connectivity index (χ3v) is 3.08. The van der Waals surface area contributed by atoms with Gasteiger partial charge in [0.1, 0.15) is 10.7 Å². The van der Waals surface area contributed by atoms with E-state index in [9.17, 15) is 13.2 Å². The summed E-state index contributed by atoms with van der Waals surface area (Å²) < 4.78 is 41.2. The first-order valence-electron chi connectivity index (χ1n) is 5.01. The molecule has 18 heavy (non-hydrogen) atoms. The molecule has 0 heterocycles. The minimum Gasteiger partial charge on any atom is -0.492 e. The van der Waals surface area contributed by atoms with Crippen LogP contribution in [-0.2, 0) is 0 Å². The van der Waals surface area contributed by atoms with Crippen LogP contribution < -0.4 is 10.5 Å². The number of nitrogens with two attached hydrogens (primary N) is 1. The van der Waals surface area contributed by atoms with Gasteiger partial charge in [-0.15, -0.1) is 11.8 Å². The van der Waals surface area contributed by atoms with Crippen molar-refractivity contribution in [3.05, 3.63) is 23.8 Å². The molecule has 2 nitrogen and oxygen atoms in total. The molecule has 0 bridgehead atoms. The zero-order valence-corrected chi connectivity index (χ0v) is 11.2. The van der Waals surface area contributed by atoms with E-state index in [0.717, 1.165) is 4.90 Å². The molecule has 0 spiro atoms. The van der Waals surface area contributed by atoms with E-state index in [1.807, 2.05) is 6.26 Å². The Morgan fingerprint density at radius 1 is 1.44 bits per heavy atom. The zero-order valence-electron chi connectivity index (χ0n) is 9.58. The summed E-state index contributed by atoms with van der Waals surface area (Å²) in [5.74, 6) is 0.290. The second kappa shape index (κ2) is 6.29. The molecule has 0 aliphatic heterocycles. The highest BCUT2D eigenvalue weighted by Gasteiger charge is 2.27. The molecule has 0 atom stereocenters. The third-order valence-electron chi connectivity index (χ3n) is 2.10. The van der Waals surface area contributed by atoms with Crippen molar-refractivity contribution in [2.75, 3.05) is 12.9 Å². The second-order valence-electron chi connectivity index (χ2n) is 3.41. The SMILES string of the molecule is CSc1cccc(OCCC(F)(F)F)c1C(N)=S. The molecule has 0 aliphatic carbocycles. The van der Waals surface area contributed by atoms with Gasteiger partial charge in [-0.3, -0.25) is 0 Å². The minimum atomic E-state index is -4.24. The number of rotatable bonds is 5. The number of hydrogen-bond donors (Lipinski definition) is 1. The van der Waals surface area contributed by atoms with Gasteiger partial charge in [0.15, 0.2) is 0 Å². The molecule has 1 aromatic rings. The molecule has 0 aromatic heterocycles. The van der Waals surface area contributed by atoms with Crippen LogP contribution in [0.1, 0.15) is 12.0 Å². The van der Waals surface area contributed by atoms with Crippen LogP contribution in [0.3, 0.4) is 0 Å². The highest BCUT2D eigenvalue weighted by molar-refractivity contribution is 7.98. The zero-order chi connectivity index (χ0) is 13.8. The van der Waals surface area contributed by atoms with Crippen LogP contribution >= 0.6 is 24.0 Å². The molecule has 0 unspecified atom stereocenters. The molecule has 100 valence electrons. The Morgan fingerprint density at radius 3 is 2.61 bits per heavy atom. The first kappa shape index (κ1) is 15.1. The highest BCUT2D eigenvalue weighted by atomic mass is 32.2. The normalized spacial score (nSPS) is 11.3. The number of benzene rings is 1. The molecule has 0 saturated heterocycles. The maximum Gasteiger partial charge on any atom is 0.392 e. The number of ether oxygens (including phenoxy) is 1. The second-order valence-corrected chi connectivity index (χ2v) is 4.70. The van der Waals surface area contributed by atoms with Gasteiger partial charge in [0.05, 0.1) is 18.6 Å². The lowest BCUT2D eigenvalue weighted by Gasteiger charge is -2.14. The van der Waals surface area contributed by atoms with Crippen molar-refractivity contribution < 1.29 is 17.9 Å². The summed E-state index contributed by atoms with van der Waals surface area (Å²) >= 11 is 6.30. The fourth-order valence-electron chi connectivity index (χ4n) is 1.32. The van der Waals surface area contributed by atoms with Crippen LogP contribution in [0.15, 0.2) is 23.1 Å². The third kappa shape index (κ3) is 4.38. The van der Waals surface area contributed by atoms with E-state index >= 15 is 0 Å². The van der Waals surface area contributed by atoms with Gasteiger partial charge in [-0.2, -0.15) is 13.2 Å². The summed E-state index contributed by atoms with van der Waals surface area (Å²) in [6.45, 7) is -0.447. The molecule has 0 amide bonds. The van der Waals surface area contributed by atoms with Crippen LogP contribution in [0.2, 0.25) is 0 Å². The van der Waals surface area contributed by atoms with Crippen molar-refractivity contribution in [1.29, 1.82) is 0 Å². The molecule has 0 aliphatic rings. The summed E-state index contributed by atoms with van der Waals surface area (Å²) in [5, 5.41) is 0. The van der Waals surface area contributed by atoms with E-state index < -0.39 is 19.2 Å². The molecule has 1 rings (SSSR count). The van der Waals surface area contributed by atoms with Crippen LogP contribution in [0.5, 0.6) is 5.75 Å². The Morgan fingerprint density at radius 2 is 2.11 bits per heavy atom. The maximum atomic E-state index is 12.0. The smallest absolute Gasteiger partial charge is 0.392 e. The number of thioether (sulfide) groups is 1. The lowest BCUT2D eigenvalue weighted by molar-refractivity contribution is -0.139. The minimum absolute atomic E-state index is 0.113. The van der Waals surface area contributed by atoms with E-state index in [2.05, 4.69) is 0 Å². The predicted molar refractivity (Wildman–Crippen MR) is 70.3 cm³/mol. The maximum absolute atomic E-state index is 12.0. The molecular formula is C11H12F3NOS2. The fourth-order valence-corrected chi connectivity index (χ4v) is 2.23. The molecule has 0 radical (unpaired) electrons. The largest absolute Gasteiger partial charge is 0.492 e. The van der Waals surface area contributed by atoms with Crippen LogP contribution in [0.25, 0.3) is 0 Å². The molecular weight excluding hydrogens is 283 g/mol. The number of alkyl halides is 3. The van der Waals surface area contributed by atoms with Gasteiger partial charge in [0, 0.05) is 4.90 Å². The lowest BCUT2D eigenvalue weighted by atomic mass is 10.2. The first-order chi connectivity index (χ1) is 8.35. The number of thiocarbonyl (C=S) groups is 1. The van der Waals surface area contributed by atoms with Crippen molar-refractivity contribution in [2.45, 2.75) is 17.5 Å². The van der Waals surface area contributed by atoms with Gasteiger partial charge in [0.2, 0.25) is 0 Å². The fraction of sp³-hybridized carbons (Fsp3) is 0.364. The van der Waals surface area contributed by atoms with Gasteiger partial charge in [0.25, 0.3) is 0 Å². The van der Waals surface area contributed by atoms with Gasteiger partial charge >= 0.3 is 6.18 Å². The summed E-state index contributed by atoms with van der Waals surface area (Å²) in [6, 6.07) is 5.04. The molecule has 1 aromatic carbocycles. The first-order valence-corrected chi connectivity index (χ1v) is 6.65. The summed E-state index contributed by atoms with van der Waals surface area (Å²) in [6.07, 6.45) is -3.41. The Kier molecular flexibility index (Phi) is 5.28. The Labute approximate surface area is 113 Å². The highest BCUT2D eigenvalue weighted by Crippen LogP contribution is 2.29. The quantitative estimate of drug-likeness (QED) is 0.667. The van der Waals surface area contributed by atoms with E-state index in [4.69, 9.17) is 22.7 Å². The van der Waals surface area contributed by atoms with Crippen molar-refractivity contribution in [3.8, 4) is 5.75 Å². The van der Waals surface area contributed by atoms with E-state index in [0.29, 0.717) is 11.3 Å². The average Bonchev–Trinajstić information content (AvgIpc) is 2.26. The average molecular weight is 295 g/mol.